The quantitative estimate of drug-likeness (QED) is 0.544. The Labute approximate surface area is 224 Å². The molecule has 0 bridgehead atoms. The van der Waals surface area contributed by atoms with Gasteiger partial charge in [0.25, 0.3) is 11.8 Å². The zero-order valence-corrected chi connectivity index (χ0v) is 21.1. The van der Waals surface area contributed by atoms with Gasteiger partial charge in [0.2, 0.25) is 11.8 Å². The van der Waals surface area contributed by atoms with Crippen LogP contribution in [0.25, 0.3) is 11.1 Å². The maximum Gasteiger partial charge on any atom is 0.264 e. The highest BCUT2D eigenvalue weighted by Crippen LogP contribution is 2.54. The van der Waals surface area contributed by atoms with Gasteiger partial charge in [-0.1, -0.05) is 48.5 Å². The van der Waals surface area contributed by atoms with Crippen LogP contribution in [0, 0.1) is 29.1 Å². The first kappa shape index (κ1) is 25.4. The largest absolute Gasteiger partial charge is 0.372 e. The molecule has 2 aromatic rings. The summed E-state index contributed by atoms with van der Waals surface area (Å²) in [4.78, 5) is 41.0. The van der Waals surface area contributed by atoms with Gasteiger partial charge in [0, 0.05) is 42.5 Å². The molecule has 2 aliphatic carbocycles. The lowest BCUT2D eigenvalue weighted by Gasteiger charge is -2.34. The van der Waals surface area contributed by atoms with E-state index in [-0.39, 0.29) is 25.3 Å². The number of amides is 3. The van der Waals surface area contributed by atoms with Crippen molar-refractivity contribution in [3.8, 4) is 17.2 Å². The fourth-order valence-corrected chi connectivity index (χ4v) is 7.01. The van der Waals surface area contributed by atoms with E-state index in [1.807, 2.05) is 6.07 Å². The Balaban J connectivity index is 1.35. The van der Waals surface area contributed by atoms with E-state index in [0.29, 0.717) is 35.2 Å². The molecule has 0 radical (unpaired) electrons. The number of halogens is 2. The van der Waals surface area contributed by atoms with E-state index in [0.717, 1.165) is 4.90 Å². The summed E-state index contributed by atoms with van der Waals surface area (Å²) in [6, 6.07) is 13.5. The predicted octanol–water partition coefficient (Wildman–Crippen LogP) is 2.31. The topological polar surface area (TPSA) is 123 Å². The van der Waals surface area contributed by atoms with Crippen molar-refractivity contribution < 1.29 is 28.3 Å². The maximum absolute atomic E-state index is 14.9. The monoisotopic (exact) mass is 534 g/mol. The molecule has 0 aromatic heterocycles. The second-order valence-corrected chi connectivity index (χ2v) is 11.0. The maximum atomic E-state index is 14.9. The number of hydrogen-bond donors (Lipinski definition) is 3. The van der Waals surface area contributed by atoms with Gasteiger partial charge in [-0.2, -0.15) is 5.26 Å². The summed E-state index contributed by atoms with van der Waals surface area (Å²) in [5.41, 5.74) is -0.165. The summed E-state index contributed by atoms with van der Waals surface area (Å²) < 4.78 is 29.9. The Kier molecular flexibility index (Phi) is 5.95. The molecule has 1 saturated carbocycles. The van der Waals surface area contributed by atoms with Crippen molar-refractivity contribution in [2.45, 2.75) is 49.3 Å². The summed E-state index contributed by atoms with van der Waals surface area (Å²) in [6.45, 7) is 0.102. The summed E-state index contributed by atoms with van der Waals surface area (Å²) >= 11 is 0. The highest BCUT2D eigenvalue weighted by atomic mass is 19.3. The average molecular weight is 535 g/mol. The number of nitrogens with zero attached hydrogens (tertiary/aromatic N) is 2. The SMILES string of the molecule is N#C[C@H](C[C@@H]1CCNC1=O)NC(=O)[C@@H]1[C@H]2CCC(F)(F)[C@H]2CN1C(=O)C1(O)c2ccccc2-c2ccccc21. The second kappa shape index (κ2) is 9.12. The molecule has 3 amide bonds. The Bertz CT molecular complexity index is 1360. The average Bonchev–Trinajstić information content (AvgIpc) is 3.66. The van der Waals surface area contributed by atoms with Crippen molar-refractivity contribution in [3.63, 3.8) is 0 Å². The van der Waals surface area contributed by atoms with E-state index in [9.17, 15) is 33.5 Å². The molecule has 0 spiro atoms. The van der Waals surface area contributed by atoms with E-state index in [2.05, 4.69) is 10.6 Å². The van der Waals surface area contributed by atoms with Crippen LogP contribution in [0.4, 0.5) is 8.78 Å². The number of benzene rings is 2. The van der Waals surface area contributed by atoms with Crippen LogP contribution in [0.2, 0.25) is 0 Å². The summed E-state index contributed by atoms with van der Waals surface area (Å²) in [5.74, 6) is -7.33. The van der Waals surface area contributed by atoms with E-state index in [4.69, 9.17) is 0 Å². The van der Waals surface area contributed by atoms with Crippen LogP contribution in [-0.2, 0) is 20.0 Å². The van der Waals surface area contributed by atoms with E-state index < -0.39 is 59.6 Å². The van der Waals surface area contributed by atoms with Crippen LogP contribution in [0.5, 0.6) is 0 Å². The molecule has 3 N–H and O–H groups in total. The van der Waals surface area contributed by atoms with Crippen molar-refractivity contribution >= 4 is 17.7 Å². The first-order valence-corrected chi connectivity index (χ1v) is 13.2. The van der Waals surface area contributed by atoms with Crippen LogP contribution in [0.15, 0.2) is 48.5 Å². The smallest absolute Gasteiger partial charge is 0.264 e. The first-order valence-electron chi connectivity index (χ1n) is 13.2. The normalized spacial score (nSPS) is 28.2. The predicted molar refractivity (Wildman–Crippen MR) is 135 cm³/mol. The van der Waals surface area contributed by atoms with Crippen molar-refractivity contribution in [2.24, 2.45) is 17.8 Å². The summed E-state index contributed by atoms with van der Waals surface area (Å²) in [5, 5.41) is 27.1. The lowest BCUT2D eigenvalue weighted by atomic mass is 9.88. The van der Waals surface area contributed by atoms with Gasteiger partial charge in [0.15, 0.2) is 5.60 Å². The van der Waals surface area contributed by atoms with E-state index in [1.165, 1.54) is 0 Å². The van der Waals surface area contributed by atoms with Gasteiger partial charge in [-0.25, -0.2) is 8.78 Å². The number of hydrogen-bond acceptors (Lipinski definition) is 5. The Morgan fingerprint density at radius 3 is 2.36 bits per heavy atom. The third-order valence-corrected chi connectivity index (χ3v) is 8.92. The number of nitrogens with one attached hydrogen (secondary N) is 2. The Morgan fingerprint density at radius 2 is 1.77 bits per heavy atom. The number of carbonyl (C=O) groups is 3. The molecule has 39 heavy (non-hydrogen) atoms. The molecule has 2 aromatic carbocycles. The number of carbonyl (C=O) groups excluding carboxylic acids is 3. The van der Waals surface area contributed by atoms with Gasteiger partial charge < -0.3 is 20.6 Å². The van der Waals surface area contributed by atoms with Crippen LogP contribution < -0.4 is 10.6 Å². The minimum atomic E-state index is -3.07. The first-order chi connectivity index (χ1) is 18.7. The van der Waals surface area contributed by atoms with Crippen molar-refractivity contribution in [2.75, 3.05) is 13.1 Å². The zero-order valence-electron chi connectivity index (χ0n) is 21.1. The van der Waals surface area contributed by atoms with Crippen molar-refractivity contribution in [1.29, 1.82) is 5.26 Å². The minimum Gasteiger partial charge on any atom is -0.372 e. The van der Waals surface area contributed by atoms with E-state index >= 15 is 0 Å². The molecule has 4 aliphatic rings. The van der Waals surface area contributed by atoms with Crippen LogP contribution in [0.1, 0.15) is 36.8 Å². The number of rotatable bonds is 5. The lowest BCUT2D eigenvalue weighted by Crippen LogP contribution is -2.55. The van der Waals surface area contributed by atoms with E-state index in [1.54, 1.807) is 48.5 Å². The molecule has 3 fully saturated rings. The summed E-state index contributed by atoms with van der Waals surface area (Å²) in [7, 11) is 0. The number of alkyl halides is 2. The number of nitriles is 1. The van der Waals surface area contributed by atoms with Gasteiger partial charge >= 0.3 is 0 Å². The molecule has 2 aliphatic heterocycles. The standard InChI is InChI=1S/C29H28F2N4O4/c30-28(31)11-9-20-23(28)15-35(24(20)26(37)34-17(14-32)13-16-10-12-33-25(16)36)27(38)29(39)21-7-3-1-5-18(21)19-6-2-4-8-22(19)29/h1-8,16-17,20,23-24,39H,9-13,15H2,(H,33,36)(H,34,37)/t16-,17-,20-,23-,24-/m0/s1. The molecular formula is C29H28F2N4O4. The third kappa shape index (κ3) is 3.82. The van der Waals surface area contributed by atoms with Gasteiger partial charge in [-0.05, 0) is 36.3 Å². The van der Waals surface area contributed by atoms with Gasteiger partial charge in [0.05, 0.1) is 6.07 Å². The molecule has 2 saturated heterocycles. The molecular weight excluding hydrogens is 506 g/mol. The highest BCUT2D eigenvalue weighted by molar-refractivity contribution is 6.01. The summed E-state index contributed by atoms with van der Waals surface area (Å²) in [6.07, 6.45) is 0.259. The highest BCUT2D eigenvalue weighted by Gasteiger charge is 2.63. The van der Waals surface area contributed by atoms with Crippen LogP contribution in [-0.4, -0.2) is 58.8 Å². The number of likely N-dealkylation sites (tertiary alicyclic amines) is 1. The fraction of sp³-hybridized carbons (Fsp3) is 0.448. The van der Waals surface area contributed by atoms with Crippen LogP contribution in [0.3, 0.4) is 0 Å². The second-order valence-electron chi connectivity index (χ2n) is 11.0. The minimum absolute atomic E-state index is 0.0351. The fourth-order valence-electron chi connectivity index (χ4n) is 7.01. The molecule has 6 rings (SSSR count). The molecule has 10 heteroatoms. The van der Waals surface area contributed by atoms with Crippen molar-refractivity contribution in [3.05, 3.63) is 59.7 Å². The number of fused-ring (bicyclic) bond motifs is 4. The third-order valence-electron chi connectivity index (χ3n) is 8.92. The van der Waals surface area contributed by atoms with Crippen LogP contribution >= 0.6 is 0 Å². The van der Waals surface area contributed by atoms with Gasteiger partial charge in [-0.3, -0.25) is 14.4 Å². The Hall–Kier alpha value is -3.84. The van der Waals surface area contributed by atoms with Gasteiger partial charge in [0.1, 0.15) is 12.1 Å². The molecule has 202 valence electrons. The molecule has 5 atom stereocenters. The van der Waals surface area contributed by atoms with Gasteiger partial charge in [-0.15, -0.1) is 0 Å². The molecule has 0 unspecified atom stereocenters. The Morgan fingerprint density at radius 1 is 1.13 bits per heavy atom. The van der Waals surface area contributed by atoms with Crippen molar-refractivity contribution in [1.82, 2.24) is 15.5 Å². The zero-order chi connectivity index (χ0) is 27.5. The molecule has 2 heterocycles. The number of aliphatic hydroxyl groups is 1. The lowest BCUT2D eigenvalue weighted by molar-refractivity contribution is -0.153. The molecule has 8 nitrogen and oxygen atoms in total.